The minimum absolute atomic E-state index is 0.107. The van der Waals surface area contributed by atoms with E-state index in [1.807, 2.05) is 0 Å². The number of hydrogen-bond donors (Lipinski definition) is 3. The first-order valence-electron chi connectivity index (χ1n) is 13.4. The minimum atomic E-state index is -1.08. The number of carbonyl (C=O) groups excluding carboxylic acids is 3. The monoisotopic (exact) mass is 513 g/mol. The highest BCUT2D eigenvalue weighted by Crippen LogP contribution is 2.21. The Kier molecular flexibility index (Phi) is 18.4. The van der Waals surface area contributed by atoms with Crippen molar-refractivity contribution in [3.05, 3.63) is 0 Å². The number of rotatable bonds is 22. The number of ether oxygens (including phenoxy) is 1. The summed E-state index contributed by atoms with van der Waals surface area (Å²) in [6.45, 7) is 5.07. The standard InChI is InChI=1S/C27H47NO8/c1-27(2,3)36-26(35)28-22(17-15-18-23(30)31)25(34)21(20-24(32)33)16-13-11-9-7-5-4-6-8-10-12-14-19-29/h19,21-22H,4-18,20H2,1-3H3,(H,28,35)(H,30,31)(H,32,33)/t21?,22-/m0/s1. The number of aldehydes is 1. The molecule has 0 aliphatic carbocycles. The molecule has 0 aromatic heterocycles. The number of Topliss-reactive ketones (excluding diaryl/α,β-unsaturated/α-hetero) is 1. The summed E-state index contributed by atoms with van der Waals surface area (Å²) in [6, 6.07) is -0.991. The van der Waals surface area contributed by atoms with E-state index < -0.39 is 35.6 Å². The molecule has 0 heterocycles. The van der Waals surface area contributed by atoms with Crippen LogP contribution in [0.1, 0.15) is 124 Å². The molecule has 0 bridgehead atoms. The number of carboxylic acids is 2. The van der Waals surface area contributed by atoms with Gasteiger partial charge in [0.2, 0.25) is 0 Å². The average molecular weight is 514 g/mol. The summed E-state index contributed by atoms with van der Waals surface area (Å²) < 4.78 is 5.24. The Balaban J connectivity index is 4.68. The molecule has 0 saturated carbocycles. The zero-order valence-corrected chi connectivity index (χ0v) is 22.4. The molecule has 208 valence electrons. The quantitative estimate of drug-likeness (QED) is 0.124. The summed E-state index contributed by atoms with van der Waals surface area (Å²) in [5.74, 6) is -3.22. The van der Waals surface area contributed by atoms with E-state index in [9.17, 15) is 29.1 Å². The fraction of sp³-hybridized carbons (Fsp3) is 0.815. The molecular weight excluding hydrogens is 466 g/mol. The summed E-state index contributed by atoms with van der Waals surface area (Å²) >= 11 is 0. The highest BCUT2D eigenvalue weighted by atomic mass is 16.6. The number of carboxylic acid groups (broad SMARTS) is 2. The first-order chi connectivity index (χ1) is 17.0. The van der Waals surface area contributed by atoms with Crippen molar-refractivity contribution in [1.82, 2.24) is 5.32 Å². The Morgan fingerprint density at radius 2 is 1.31 bits per heavy atom. The molecule has 9 nitrogen and oxygen atoms in total. The number of ketones is 1. The van der Waals surface area contributed by atoms with Crippen LogP contribution in [0.15, 0.2) is 0 Å². The van der Waals surface area contributed by atoms with Crippen molar-refractivity contribution in [2.75, 3.05) is 0 Å². The third-order valence-corrected chi connectivity index (χ3v) is 5.87. The van der Waals surface area contributed by atoms with E-state index in [1.165, 1.54) is 6.42 Å². The molecule has 0 fully saturated rings. The van der Waals surface area contributed by atoms with Crippen LogP contribution in [-0.4, -0.2) is 52.0 Å². The molecule has 1 unspecified atom stereocenters. The Hall–Kier alpha value is -2.45. The van der Waals surface area contributed by atoms with Gasteiger partial charge in [0.25, 0.3) is 0 Å². The Morgan fingerprint density at radius 3 is 1.78 bits per heavy atom. The van der Waals surface area contributed by atoms with Gasteiger partial charge in [-0.1, -0.05) is 57.8 Å². The van der Waals surface area contributed by atoms with Gasteiger partial charge >= 0.3 is 18.0 Å². The topological polar surface area (TPSA) is 147 Å². The third kappa shape index (κ3) is 19.8. The van der Waals surface area contributed by atoms with Crippen molar-refractivity contribution >= 4 is 30.1 Å². The van der Waals surface area contributed by atoms with Crippen LogP contribution in [0.5, 0.6) is 0 Å². The van der Waals surface area contributed by atoms with E-state index in [0.717, 1.165) is 57.7 Å². The Bertz CT molecular complexity index is 671. The SMILES string of the molecule is CC(C)(C)OC(=O)N[C@@H](CCCC(=O)O)C(=O)C(CCCCCCCCCCCCC=O)CC(=O)O. The lowest BCUT2D eigenvalue weighted by atomic mass is 9.87. The van der Waals surface area contributed by atoms with Crippen LogP contribution < -0.4 is 5.32 Å². The van der Waals surface area contributed by atoms with Gasteiger partial charge < -0.3 is 25.1 Å². The largest absolute Gasteiger partial charge is 0.481 e. The van der Waals surface area contributed by atoms with Crippen LogP contribution in [0.4, 0.5) is 4.79 Å². The number of nitrogens with one attached hydrogen (secondary N) is 1. The third-order valence-electron chi connectivity index (χ3n) is 5.87. The molecular formula is C27H47NO8. The maximum Gasteiger partial charge on any atom is 0.408 e. The van der Waals surface area contributed by atoms with Gasteiger partial charge in [0.05, 0.1) is 12.5 Å². The first-order valence-corrected chi connectivity index (χ1v) is 13.4. The number of hydrogen-bond acceptors (Lipinski definition) is 6. The van der Waals surface area contributed by atoms with E-state index in [0.29, 0.717) is 19.3 Å². The zero-order valence-electron chi connectivity index (χ0n) is 22.4. The van der Waals surface area contributed by atoms with Crippen molar-refractivity contribution in [1.29, 1.82) is 0 Å². The molecule has 0 aromatic carbocycles. The molecule has 36 heavy (non-hydrogen) atoms. The molecule has 0 aliphatic heterocycles. The lowest BCUT2D eigenvalue weighted by Crippen LogP contribution is -2.46. The first kappa shape index (κ1) is 33.5. The van der Waals surface area contributed by atoms with Gasteiger partial charge in [-0.25, -0.2) is 4.79 Å². The fourth-order valence-corrected chi connectivity index (χ4v) is 4.07. The van der Waals surface area contributed by atoms with Crippen LogP contribution in [0.3, 0.4) is 0 Å². The molecule has 2 atom stereocenters. The van der Waals surface area contributed by atoms with Gasteiger partial charge in [0, 0.05) is 18.8 Å². The van der Waals surface area contributed by atoms with E-state index in [-0.39, 0.29) is 31.5 Å². The number of amides is 1. The van der Waals surface area contributed by atoms with Crippen molar-refractivity contribution in [3.63, 3.8) is 0 Å². The van der Waals surface area contributed by atoms with Crippen molar-refractivity contribution in [2.45, 2.75) is 135 Å². The second kappa shape index (κ2) is 19.7. The predicted molar refractivity (Wildman–Crippen MR) is 137 cm³/mol. The van der Waals surface area contributed by atoms with Crippen molar-refractivity contribution in [3.8, 4) is 0 Å². The number of aliphatic carboxylic acids is 2. The van der Waals surface area contributed by atoms with Crippen LogP contribution in [-0.2, 0) is 23.9 Å². The number of unbranched alkanes of at least 4 members (excludes halogenated alkanes) is 10. The molecule has 9 heteroatoms. The fourth-order valence-electron chi connectivity index (χ4n) is 4.07. The molecule has 3 N–H and O–H groups in total. The summed E-state index contributed by atoms with van der Waals surface area (Å²) in [5.41, 5.74) is -0.768. The molecule has 1 amide bonds. The molecule has 0 aromatic rings. The van der Waals surface area contributed by atoms with E-state index in [2.05, 4.69) is 5.32 Å². The normalized spacial score (nSPS) is 13.0. The minimum Gasteiger partial charge on any atom is -0.481 e. The number of alkyl carbamates (subject to hydrolysis) is 1. The van der Waals surface area contributed by atoms with Crippen LogP contribution in [0, 0.1) is 5.92 Å². The molecule has 0 radical (unpaired) electrons. The predicted octanol–water partition coefficient (Wildman–Crippen LogP) is 5.67. The maximum absolute atomic E-state index is 13.2. The summed E-state index contributed by atoms with van der Waals surface area (Å²) in [6.07, 6.45) is 11.4. The molecule has 0 aliphatic rings. The van der Waals surface area contributed by atoms with Crippen LogP contribution in [0.25, 0.3) is 0 Å². The van der Waals surface area contributed by atoms with E-state index in [1.54, 1.807) is 20.8 Å². The van der Waals surface area contributed by atoms with E-state index in [4.69, 9.17) is 9.84 Å². The van der Waals surface area contributed by atoms with Gasteiger partial charge in [0.15, 0.2) is 5.78 Å². The lowest BCUT2D eigenvalue weighted by Gasteiger charge is -2.25. The highest BCUT2D eigenvalue weighted by molar-refractivity contribution is 5.91. The molecule has 0 saturated heterocycles. The summed E-state index contributed by atoms with van der Waals surface area (Å²) in [5, 5.41) is 20.8. The summed E-state index contributed by atoms with van der Waals surface area (Å²) in [4.78, 5) is 58.0. The summed E-state index contributed by atoms with van der Waals surface area (Å²) in [7, 11) is 0. The second-order valence-electron chi connectivity index (χ2n) is 10.5. The molecule has 0 rings (SSSR count). The maximum atomic E-state index is 13.2. The van der Waals surface area contributed by atoms with Gasteiger partial charge in [-0.05, 0) is 46.5 Å². The zero-order chi connectivity index (χ0) is 27.4. The Morgan fingerprint density at radius 1 is 0.778 bits per heavy atom. The smallest absolute Gasteiger partial charge is 0.408 e. The van der Waals surface area contributed by atoms with Gasteiger partial charge in [0.1, 0.15) is 11.9 Å². The van der Waals surface area contributed by atoms with Gasteiger partial charge in [-0.3, -0.25) is 14.4 Å². The highest BCUT2D eigenvalue weighted by Gasteiger charge is 2.31. The van der Waals surface area contributed by atoms with Crippen LogP contribution >= 0.6 is 0 Å². The lowest BCUT2D eigenvalue weighted by molar-refractivity contribution is -0.141. The Labute approximate surface area is 215 Å². The van der Waals surface area contributed by atoms with Crippen molar-refractivity contribution < 1.29 is 38.9 Å². The number of carbonyl (C=O) groups is 5. The van der Waals surface area contributed by atoms with Crippen LogP contribution in [0.2, 0.25) is 0 Å². The molecule has 0 spiro atoms. The van der Waals surface area contributed by atoms with E-state index >= 15 is 0 Å². The average Bonchev–Trinajstić information content (AvgIpc) is 2.76. The van der Waals surface area contributed by atoms with Gasteiger partial charge in [-0.2, -0.15) is 0 Å². The second-order valence-corrected chi connectivity index (χ2v) is 10.5. The van der Waals surface area contributed by atoms with Crippen molar-refractivity contribution in [2.24, 2.45) is 5.92 Å². The van der Waals surface area contributed by atoms with Gasteiger partial charge in [-0.15, -0.1) is 0 Å².